The second-order valence-electron chi connectivity index (χ2n) is 4.31. The van der Waals surface area contributed by atoms with E-state index in [1.54, 1.807) is 0 Å². The van der Waals surface area contributed by atoms with Crippen LogP contribution in [0.25, 0.3) is 10.9 Å². The average molecular weight is 202 g/mol. The minimum Gasteiger partial charge on any atom is -0.346 e. The molecule has 80 valence electrons. The smallest absolute Gasteiger partial charge is 0.0512 e. The first-order chi connectivity index (χ1) is 7.06. The van der Waals surface area contributed by atoms with Crippen LogP contribution in [-0.2, 0) is 13.6 Å². The normalized spacial score (nSPS) is 11.3. The van der Waals surface area contributed by atoms with Gasteiger partial charge in [0.1, 0.15) is 0 Å². The number of rotatable bonds is 1. The lowest BCUT2D eigenvalue weighted by molar-refractivity contribution is 0.839. The fourth-order valence-corrected chi connectivity index (χ4v) is 2.52. The number of aryl methyl sites for hydroxylation is 4. The van der Waals surface area contributed by atoms with E-state index < -0.39 is 0 Å². The van der Waals surface area contributed by atoms with Crippen LogP contribution in [-0.4, -0.2) is 4.57 Å². The Morgan fingerprint density at radius 1 is 1.20 bits per heavy atom. The van der Waals surface area contributed by atoms with Crippen molar-refractivity contribution < 1.29 is 0 Å². The predicted molar refractivity (Wildman–Crippen MR) is 65.0 cm³/mol. The molecule has 1 heterocycles. The fraction of sp³-hybridized carbons (Fsp3) is 0.385. The minimum absolute atomic E-state index is 0.607. The highest BCUT2D eigenvalue weighted by Crippen LogP contribution is 2.28. The first-order valence-electron chi connectivity index (χ1n) is 5.31. The summed E-state index contributed by atoms with van der Waals surface area (Å²) >= 11 is 0. The van der Waals surface area contributed by atoms with Gasteiger partial charge in [-0.3, -0.25) is 0 Å². The first kappa shape index (κ1) is 10.2. The van der Waals surface area contributed by atoms with Crippen molar-refractivity contribution in [3.8, 4) is 0 Å². The third-order valence-electron chi connectivity index (χ3n) is 3.22. The highest BCUT2D eigenvalue weighted by molar-refractivity contribution is 5.88. The highest BCUT2D eigenvalue weighted by Gasteiger charge is 2.12. The standard InChI is InChI=1S/C13H18N2/c1-8-5-9(2)13-11(6-8)10(3)12(7-14)15(13)4/h5-6H,7,14H2,1-4H3. The van der Waals surface area contributed by atoms with E-state index >= 15 is 0 Å². The van der Waals surface area contributed by atoms with Crippen molar-refractivity contribution in [3.63, 3.8) is 0 Å². The SMILES string of the molecule is Cc1cc(C)c2c(c1)c(C)c(CN)n2C. The number of fused-ring (bicyclic) bond motifs is 1. The Morgan fingerprint density at radius 3 is 2.47 bits per heavy atom. The summed E-state index contributed by atoms with van der Waals surface area (Å²) in [5.74, 6) is 0. The van der Waals surface area contributed by atoms with Gasteiger partial charge in [0.2, 0.25) is 0 Å². The Morgan fingerprint density at radius 2 is 1.87 bits per heavy atom. The summed E-state index contributed by atoms with van der Waals surface area (Å²) in [7, 11) is 2.10. The molecule has 2 nitrogen and oxygen atoms in total. The summed E-state index contributed by atoms with van der Waals surface area (Å²) in [6.45, 7) is 7.06. The zero-order valence-electron chi connectivity index (χ0n) is 9.89. The van der Waals surface area contributed by atoms with Gasteiger partial charge in [0, 0.05) is 24.7 Å². The summed E-state index contributed by atoms with van der Waals surface area (Å²) in [5, 5.41) is 1.34. The fourth-order valence-electron chi connectivity index (χ4n) is 2.52. The van der Waals surface area contributed by atoms with Crippen LogP contribution in [0.1, 0.15) is 22.4 Å². The Hall–Kier alpha value is -1.28. The van der Waals surface area contributed by atoms with Gasteiger partial charge in [-0.1, -0.05) is 11.6 Å². The maximum absolute atomic E-state index is 5.78. The molecule has 0 spiro atoms. The molecule has 2 N–H and O–H groups in total. The summed E-state index contributed by atoms with van der Waals surface area (Å²) in [6, 6.07) is 4.47. The molecule has 2 rings (SSSR count). The van der Waals surface area contributed by atoms with Gasteiger partial charge in [-0.2, -0.15) is 0 Å². The number of nitrogens with two attached hydrogens (primary N) is 1. The molecule has 2 aromatic rings. The van der Waals surface area contributed by atoms with Crippen LogP contribution in [0.15, 0.2) is 12.1 Å². The van der Waals surface area contributed by atoms with Gasteiger partial charge in [0.05, 0.1) is 5.52 Å². The molecule has 0 unspecified atom stereocenters. The number of benzene rings is 1. The van der Waals surface area contributed by atoms with Crippen molar-refractivity contribution in [2.45, 2.75) is 27.3 Å². The predicted octanol–water partition coefficient (Wildman–Crippen LogP) is 2.56. The third-order valence-corrected chi connectivity index (χ3v) is 3.22. The molecule has 15 heavy (non-hydrogen) atoms. The molecule has 1 aromatic carbocycles. The molecule has 0 saturated heterocycles. The van der Waals surface area contributed by atoms with E-state index in [4.69, 9.17) is 5.73 Å². The molecule has 0 bridgehead atoms. The molecule has 0 aliphatic heterocycles. The molecular formula is C13H18N2. The maximum Gasteiger partial charge on any atom is 0.0512 e. The summed E-state index contributed by atoms with van der Waals surface area (Å²) in [6.07, 6.45) is 0. The van der Waals surface area contributed by atoms with Crippen molar-refractivity contribution >= 4 is 10.9 Å². The highest BCUT2D eigenvalue weighted by atomic mass is 15.0. The topological polar surface area (TPSA) is 30.9 Å². The third kappa shape index (κ3) is 1.37. The van der Waals surface area contributed by atoms with Gasteiger partial charge >= 0.3 is 0 Å². The van der Waals surface area contributed by atoms with Gasteiger partial charge in [0.15, 0.2) is 0 Å². The van der Waals surface area contributed by atoms with Crippen molar-refractivity contribution in [2.24, 2.45) is 12.8 Å². The van der Waals surface area contributed by atoms with Crippen molar-refractivity contribution in [2.75, 3.05) is 0 Å². The molecule has 0 saturated carbocycles. The Balaban J connectivity index is 2.95. The Bertz CT molecular complexity index is 521. The molecule has 2 heteroatoms. The van der Waals surface area contributed by atoms with Crippen LogP contribution >= 0.6 is 0 Å². The number of hydrogen-bond acceptors (Lipinski definition) is 1. The number of hydrogen-bond donors (Lipinski definition) is 1. The van der Waals surface area contributed by atoms with Gasteiger partial charge in [0.25, 0.3) is 0 Å². The summed E-state index contributed by atoms with van der Waals surface area (Å²) in [5.41, 5.74) is 12.3. The lowest BCUT2D eigenvalue weighted by atomic mass is 10.1. The van der Waals surface area contributed by atoms with Gasteiger partial charge < -0.3 is 10.3 Å². The average Bonchev–Trinajstić information content (AvgIpc) is 2.39. The zero-order valence-corrected chi connectivity index (χ0v) is 9.89. The van der Waals surface area contributed by atoms with Gasteiger partial charge in [-0.15, -0.1) is 0 Å². The molecule has 0 radical (unpaired) electrons. The van der Waals surface area contributed by atoms with Crippen LogP contribution in [0.4, 0.5) is 0 Å². The molecule has 0 aliphatic rings. The lowest BCUT2D eigenvalue weighted by Crippen LogP contribution is -2.04. The van der Waals surface area contributed by atoms with Crippen molar-refractivity contribution in [1.82, 2.24) is 4.57 Å². The van der Waals surface area contributed by atoms with E-state index in [9.17, 15) is 0 Å². The molecule has 1 aromatic heterocycles. The van der Waals surface area contributed by atoms with Gasteiger partial charge in [-0.25, -0.2) is 0 Å². The number of nitrogens with zero attached hydrogens (tertiary/aromatic N) is 1. The van der Waals surface area contributed by atoms with Crippen LogP contribution in [0, 0.1) is 20.8 Å². The van der Waals surface area contributed by atoms with Crippen LogP contribution in [0.3, 0.4) is 0 Å². The summed E-state index contributed by atoms with van der Waals surface area (Å²) in [4.78, 5) is 0. The summed E-state index contributed by atoms with van der Waals surface area (Å²) < 4.78 is 2.22. The molecular weight excluding hydrogens is 184 g/mol. The molecule has 0 amide bonds. The second-order valence-corrected chi connectivity index (χ2v) is 4.31. The van der Waals surface area contributed by atoms with E-state index in [0.717, 1.165) is 0 Å². The van der Waals surface area contributed by atoms with Crippen molar-refractivity contribution in [1.29, 1.82) is 0 Å². The molecule has 0 fully saturated rings. The zero-order chi connectivity index (χ0) is 11.2. The largest absolute Gasteiger partial charge is 0.346 e. The van der Waals surface area contributed by atoms with Crippen LogP contribution < -0.4 is 5.73 Å². The van der Waals surface area contributed by atoms with E-state index in [0.29, 0.717) is 6.54 Å². The maximum atomic E-state index is 5.78. The van der Waals surface area contributed by atoms with E-state index in [2.05, 4.69) is 44.5 Å². The second kappa shape index (κ2) is 3.38. The van der Waals surface area contributed by atoms with Crippen molar-refractivity contribution in [3.05, 3.63) is 34.5 Å². The molecule has 0 atom stereocenters. The monoisotopic (exact) mass is 202 g/mol. The Labute approximate surface area is 90.7 Å². The first-order valence-corrected chi connectivity index (χ1v) is 5.31. The van der Waals surface area contributed by atoms with Crippen LogP contribution in [0.5, 0.6) is 0 Å². The number of aromatic nitrogens is 1. The van der Waals surface area contributed by atoms with Crippen LogP contribution in [0.2, 0.25) is 0 Å². The van der Waals surface area contributed by atoms with Gasteiger partial charge in [-0.05, 0) is 38.0 Å². The van der Waals surface area contributed by atoms with E-state index in [1.807, 2.05) is 0 Å². The van der Waals surface area contributed by atoms with E-state index in [1.165, 1.54) is 33.3 Å². The Kier molecular flexibility index (Phi) is 2.31. The quantitative estimate of drug-likeness (QED) is 0.757. The van der Waals surface area contributed by atoms with E-state index in [-0.39, 0.29) is 0 Å². The molecule has 0 aliphatic carbocycles. The lowest BCUT2D eigenvalue weighted by Gasteiger charge is -2.04. The minimum atomic E-state index is 0.607.